The monoisotopic (exact) mass is 579 g/mol. The Bertz CT molecular complexity index is 1540. The summed E-state index contributed by atoms with van der Waals surface area (Å²) in [7, 11) is -3.88. The molecule has 1 aromatic carbocycles. The summed E-state index contributed by atoms with van der Waals surface area (Å²) in [5, 5.41) is 12.8. The second-order valence-corrected chi connectivity index (χ2v) is 13.9. The van der Waals surface area contributed by atoms with Crippen molar-refractivity contribution in [2.45, 2.75) is 69.4 Å². The predicted octanol–water partition coefficient (Wildman–Crippen LogP) is 3.96. The average Bonchev–Trinajstić information content (AvgIpc) is 3.77. The van der Waals surface area contributed by atoms with Gasteiger partial charge in [0.15, 0.2) is 10.0 Å². The highest BCUT2D eigenvalue weighted by atomic mass is 32.2. The zero-order valence-corrected chi connectivity index (χ0v) is 23.7. The van der Waals surface area contributed by atoms with Gasteiger partial charge < -0.3 is 9.80 Å². The Morgan fingerprint density at radius 3 is 2.38 bits per heavy atom. The van der Waals surface area contributed by atoms with E-state index in [0.717, 1.165) is 42.5 Å². The van der Waals surface area contributed by atoms with Crippen molar-refractivity contribution < 1.29 is 22.0 Å². The normalized spacial score (nSPS) is 19.5. The van der Waals surface area contributed by atoms with Gasteiger partial charge in [0.05, 0.1) is 22.1 Å². The lowest BCUT2D eigenvalue weighted by Gasteiger charge is -2.37. The Morgan fingerprint density at radius 1 is 1.13 bits per heavy atom. The molecular formula is C25H31F2N7O3S2. The standard InChI is InChI=1S/C25H31F2N7O3S2/c1-14(2)24(35)33-10-8-32(9-11-33)18-13-16(39(36,37)31-25(3)6-7-25)12-17-19(22-28-29-23(38-22)21(26)27)30-34(20(17)18)15-4-5-15/h12-15,21,31H,4-11H2,1-3H3. The van der Waals surface area contributed by atoms with Crippen LogP contribution in [0.3, 0.4) is 0 Å². The number of rotatable bonds is 8. The molecule has 39 heavy (non-hydrogen) atoms. The van der Waals surface area contributed by atoms with Gasteiger partial charge >= 0.3 is 0 Å². The lowest BCUT2D eigenvalue weighted by Crippen LogP contribution is -2.50. The molecule has 3 aliphatic rings. The molecule has 0 bridgehead atoms. The number of nitrogens with zero attached hydrogens (tertiary/aromatic N) is 6. The quantitative estimate of drug-likeness (QED) is 0.430. The van der Waals surface area contributed by atoms with Crippen molar-refractivity contribution in [1.82, 2.24) is 29.6 Å². The number of alkyl halides is 2. The summed E-state index contributed by atoms with van der Waals surface area (Å²) in [4.78, 5) is 16.6. The Kier molecular flexibility index (Phi) is 6.42. The highest BCUT2D eigenvalue weighted by Gasteiger charge is 2.42. The molecule has 210 valence electrons. The van der Waals surface area contributed by atoms with Crippen LogP contribution in [0.2, 0.25) is 0 Å². The third kappa shape index (κ3) is 5.02. The molecular weight excluding hydrogens is 548 g/mol. The Morgan fingerprint density at radius 2 is 1.82 bits per heavy atom. The smallest absolute Gasteiger partial charge is 0.291 e. The number of aromatic nitrogens is 4. The lowest BCUT2D eigenvalue weighted by molar-refractivity contribution is -0.134. The van der Waals surface area contributed by atoms with Crippen molar-refractivity contribution in [2.24, 2.45) is 5.92 Å². The number of fused-ring (bicyclic) bond motifs is 1. The molecule has 3 heterocycles. The second-order valence-electron chi connectivity index (χ2n) is 11.2. The van der Waals surface area contributed by atoms with E-state index in [2.05, 4.69) is 19.8 Å². The molecule has 1 saturated heterocycles. The molecule has 0 spiro atoms. The fourth-order valence-electron chi connectivity index (χ4n) is 4.99. The second kappa shape index (κ2) is 9.44. The third-order valence-corrected chi connectivity index (χ3v) is 10.2. The van der Waals surface area contributed by atoms with E-state index in [-0.39, 0.29) is 27.8 Å². The van der Waals surface area contributed by atoms with Crippen LogP contribution >= 0.6 is 11.3 Å². The highest BCUT2D eigenvalue weighted by Crippen LogP contribution is 2.45. The molecule has 10 nitrogen and oxygen atoms in total. The van der Waals surface area contributed by atoms with E-state index in [0.29, 0.717) is 42.9 Å². The number of hydrogen-bond donors (Lipinski definition) is 1. The third-order valence-electron chi connectivity index (χ3n) is 7.59. The number of amides is 1. The first kappa shape index (κ1) is 26.5. The summed E-state index contributed by atoms with van der Waals surface area (Å²) < 4.78 is 58.5. The first-order chi connectivity index (χ1) is 18.5. The summed E-state index contributed by atoms with van der Waals surface area (Å²) in [5.74, 6) is -0.00935. The molecule has 3 fully saturated rings. The number of benzene rings is 1. The molecule has 3 aromatic rings. The number of anilines is 1. The number of hydrogen-bond acceptors (Lipinski definition) is 8. The van der Waals surface area contributed by atoms with Crippen molar-refractivity contribution in [1.29, 1.82) is 0 Å². The van der Waals surface area contributed by atoms with Crippen LogP contribution < -0.4 is 9.62 Å². The number of sulfonamides is 1. The number of halogens is 2. The fourth-order valence-corrected chi connectivity index (χ4v) is 7.20. The van der Waals surface area contributed by atoms with Crippen LogP contribution in [0.25, 0.3) is 21.6 Å². The van der Waals surface area contributed by atoms with Gasteiger partial charge in [-0.05, 0) is 44.7 Å². The van der Waals surface area contributed by atoms with Gasteiger partial charge in [-0.1, -0.05) is 25.2 Å². The predicted molar refractivity (Wildman–Crippen MR) is 143 cm³/mol. The van der Waals surface area contributed by atoms with E-state index in [1.165, 1.54) is 0 Å². The lowest BCUT2D eigenvalue weighted by atomic mass is 10.1. The van der Waals surface area contributed by atoms with Gasteiger partial charge in [-0.15, -0.1) is 10.2 Å². The molecule has 0 unspecified atom stereocenters. The molecule has 0 atom stereocenters. The number of piperazine rings is 1. The van der Waals surface area contributed by atoms with E-state index in [1.54, 1.807) is 12.1 Å². The van der Waals surface area contributed by atoms with E-state index < -0.39 is 27.0 Å². The van der Waals surface area contributed by atoms with E-state index >= 15 is 0 Å². The van der Waals surface area contributed by atoms with E-state index in [4.69, 9.17) is 5.10 Å². The van der Waals surface area contributed by atoms with Crippen LogP contribution in [0.1, 0.15) is 63.9 Å². The zero-order valence-electron chi connectivity index (χ0n) is 22.0. The first-order valence-corrected chi connectivity index (χ1v) is 15.5. The molecule has 1 aliphatic heterocycles. The summed E-state index contributed by atoms with van der Waals surface area (Å²) in [6.07, 6.45) is 0.612. The van der Waals surface area contributed by atoms with Crippen LogP contribution in [-0.2, 0) is 14.8 Å². The molecule has 6 rings (SSSR count). The Labute approximate surface area is 229 Å². The number of carbonyl (C=O) groups is 1. The van der Waals surface area contributed by atoms with Crippen molar-refractivity contribution in [3.8, 4) is 10.7 Å². The van der Waals surface area contributed by atoms with Gasteiger partial charge in [-0.3, -0.25) is 9.48 Å². The average molecular weight is 580 g/mol. The molecule has 2 aliphatic carbocycles. The topological polar surface area (TPSA) is 113 Å². The molecule has 2 aromatic heterocycles. The van der Waals surface area contributed by atoms with Crippen LogP contribution in [0.15, 0.2) is 17.0 Å². The summed E-state index contributed by atoms with van der Waals surface area (Å²) in [6.45, 7) is 7.72. The SMILES string of the molecule is CC(C)C(=O)N1CCN(c2cc(S(=O)(=O)NC3(C)CC3)cc3c(-c4nnc(C(F)F)s4)nn(C4CC4)c23)CC1. The fraction of sp³-hybridized carbons (Fsp3) is 0.600. The van der Waals surface area contributed by atoms with Gasteiger partial charge in [0, 0.05) is 43.0 Å². The van der Waals surface area contributed by atoms with Gasteiger partial charge in [-0.25, -0.2) is 21.9 Å². The van der Waals surface area contributed by atoms with Gasteiger partial charge in [0.1, 0.15) is 5.69 Å². The van der Waals surface area contributed by atoms with Crippen LogP contribution in [0, 0.1) is 5.92 Å². The number of nitrogens with one attached hydrogen (secondary N) is 1. The highest BCUT2D eigenvalue weighted by molar-refractivity contribution is 7.89. The summed E-state index contributed by atoms with van der Waals surface area (Å²) in [5.41, 5.74) is 1.34. The molecule has 1 amide bonds. The summed E-state index contributed by atoms with van der Waals surface area (Å²) in [6, 6.07) is 3.40. The molecule has 1 N–H and O–H groups in total. The Balaban J connectivity index is 1.49. The van der Waals surface area contributed by atoms with Crippen molar-refractivity contribution in [2.75, 3.05) is 31.1 Å². The van der Waals surface area contributed by atoms with Crippen molar-refractivity contribution in [3.63, 3.8) is 0 Å². The maximum Gasteiger partial charge on any atom is 0.291 e. The maximum absolute atomic E-state index is 13.5. The van der Waals surface area contributed by atoms with Crippen LogP contribution in [0.5, 0.6) is 0 Å². The van der Waals surface area contributed by atoms with Crippen molar-refractivity contribution >= 4 is 43.9 Å². The molecule has 2 saturated carbocycles. The molecule has 0 radical (unpaired) electrons. The number of carbonyl (C=O) groups excluding carboxylic acids is 1. The van der Waals surface area contributed by atoms with Gasteiger partial charge in [-0.2, -0.15) is 5.10 Å². The van der Waals surface area contributed by atoms with Crippen molar-refractivity contribution in [3.05, 3.63) is 17.1 Å². The van der Waals surface area contributed by atoms with Crippen LogP contribution in [-0.4, -0.2) is 70.9 Å². The van der Waals surface area contributed by atoms with E-state index in [1.807, 2.05) is 30.4 Å². The minimum Gasteiger partial charge on any atom is -0.366 e. The first-order valence-electron chi connectivity index (χ1n) is 13.2. The van der Waals surface area contributed by atoms with Gasteiger partial charge in [0.2, 0.25) is 15.9 Å². The Hall–Kier alpha value is -2.71. The van der Waals surface area contributed by atoms with E-state index in [9.17, 15) is 22.0 Å². The zero-order chi connectivity index (χ0) is 27.7. The largest absolute Gasteiger partial charge is 0.366 e. The van der Waals surface area contributed by atoms with Crippen LogP contribution in [0.4, 0.5) is 14.5 Å². The minimum atomic E-state index is -3.88. The maximum atomic E-state index is 13.5. The minimum absolute atomic E-state index is 0.0917. The van der Waals surface area contributed by atoms with Gasteiger partial charge in [0.25, 0.3) is 6.43 Å². The summed E-state index contributed by atoms with van der Waals surface area (Å²) >= 11 is 0.764. The molecule has 14 heteroatoms.